The quantitative estimate of drug-likeness (QED) is 0.400. The van der Waals surface area contributed by atoms with Gasteiger partial charge in [-0.15, -0.1) is 24.0 Å². The van der Waals surface area contributed by atoms with Gasteiger partial charge in [-0.3, -0.25) is 14.7 Å². The molecule has 2 rings (SSSR count). The Bertz CT molecular complexity index is 402. The third-order valence-corrected chi connectivity index (χ3v) is 4.91. The van der Waals surface area contributed by atoms with Crippen LogP contribution in [0.2, 0.25) is 0 Å². The van der Waals surface area contributed by atoms with Crippen LogP contribution in [-0.2, 0) is 4.79 Å². The van der Waals surface area contributed by atoms with E-state index < -0.39 is 0 Å². The molecule has 0 spiro atoms. The van der Waals surface area contributed by atoms with E-state index in [0.29, 0.717) is 0 Å². The van der Waals surface area contributed by atoms with Gasteiger partial charge >= 0.3 is 0 Å². The lowest BCUT2D eigenvalue weighted by Gasteiger charge is -2.34. The molecule has 0 aromatic heterocycles. The van der Waals surface area contributed by atoms with E-state index in [0.717, 1.165) is 70.8 Å². The third-order valence-electron chi connectivity index (χ3n) is 4.91. The van der Waals surface area contributed by atoms with Gasteiger partial charge in [0.15, 0.2) is 5.96 Å². The van der Waals surface area contributed by atoms with Gasteiger partial charge in [0.1, 0.15) is 0 Å². The lowest BCUT2D eigenvalue weighted by Crippen LogP contribution is -2.49. The van der Waals surface area contributed by atoms with Crippen LogP contribution in [0.1, 0.15) is 33.6 Å². The van der Waals surface area contributed by atoms with Crippen molar-refractivity contribution >= 4 is 35.8 Å². The molecule has 0 radical (unpaired) electrons. The van der Waals surface area contributed by atoms with Crippen molar-refractivity contribution in [3.8, 4) is 0 Å². The number of piperidine rings is 1. The Kier molecular flexibility index (Phi) is 9.95. The molecule has 0 atom stereocenters. The van der Waals surface area contributed by atoms with E-state index in [1.54, 1.807) is 6.92 Å². The van der Waals surface area contributed by atoms with Crippen molar-refractivity contribution in [2.75, 3.05) is 58.9 Å². The minimum absolute atomic E-state index is 0. The molecule has 140 valence electrons. The average Bonchev–Trinajstić information content (AvgIpc) is 2.55. The number of halogens is 1. The molecular formula is C17H34IN5O. The molecule has 2 fully saturated rings. The Morgan fingerprint density at radius 1 is 1.08 bits per heavy atom. The topological polar surface area (TPSA) is 51.2 Å². The van der Waals surface area contributed by atoms with Crippen molar-refractivity contribution in [2.45, 2.75) is 33.6 Å². The summed E-state index contributed by atoms with van der Waals surface area (Å²) in [6, 6.07) is 0. The maximum absolute atomic E-state index is 11.4. The van der Waals surface area contributed by atoms with E-state index in [4.69, 9.17) is 4.99 Å². The van der Waals surface area contributed by atoms with Gasteiger partial charge in [-0.25, -0.2) is 0 Å². The van der Waals surface area contributed by atoms with Crippen molar-refractivity contribution < 1.29 is 4.79 Å². The van der Waals surface area contributed by atoms with E-state index in [1.165, 1.54) is 12.8 Å². The molecule has 2 aliphatic heterocycles. The number of aliphatic imine (C=N–C) groups is 1. The van der Waals surface area contributed by atoms with Crippen LogP contribution in [0.4, 0.5) is 0 Å². The zero-order valence-electron chi connectivity index (χ0n) is 15.5. The van der Waals surface area contributed by atoms with E-state index in [1.807, 2.05) is 4.90 Å². The summed E-state index contributed by atoms with van der Waals surface area (Å²) in [6.07, 6.45) is 2.52. The van der Waals surface area contributed by atoms with Gasteiger partial charge in [0.2, 0.25) is 5.91 Å². The summed E-state index contributed by atoms with van der Waals surface area (Å²) >= 11 is 0. The number of hydrogen-bond donors (Lipinski definition) is 1. The summed E-state index contributed by atoms with van der Waals surface area (Å²) in [7, 11) is 0. The Balaban J connectivity index is 0.00000288. The van der Waals surface area contributed by atoms with Gasteiger partial charge in [-0.2, -0.15) is 0 Å². The van der Waals surface area contributed by atoms with Gasteiger partial charge in [0.25, 0.3) is 0 Å². The molecule has 1 N–H and O–H groups in total. The van der Waals surface area contributed by atoms with Crippen LogP contribution in [0.25, 0.3) is 0 Å². The van der Waals surface area contributed by atoms with Crippen molar-refractivity contribution in [1.29, 1.82) is 0 Å². The monoisotopic (exact) mass is 451 g/mol. The van der Waals surface area contributed by atoms with Crippen LogP contribution in [0.5, 0.6) is 0 Å². The van der Waals surface area contributed by atoms with E-state index in [-0.39, 0.29) is 29.9 Å². The first-order valence-electron chi connectivity index (χ1n) is 9.11. The van der Waals surface area contributed by atoms with Crippen LogP contribution >= 0.6 is 24.0 Å². The highest BCUT2D eigenvalue weighted by molar-refractivity contribution is 14.0. The number of guanidine groups is 1. The highest BCUT2D eigenvalue weighted by Crippen LogP contribution is 2.15. The first kappa shape index (κ1) is 21.5. The molecule has 0 aromatic carbocycles. The number of amides is 1. The van der Waals surface area contributed by atoms with Gasteiger partial charge in [-0.05, 0) is 25.7 Å². The molecule has 1 amide bonds. The third kappa shape index (κ3) is 6.74. The Morgan fingerprint density at radius 2 is 1.71 bits per heavy atom. The average molecular weight is 451 g/mol. The number of nitrogens with one attached hydrogen (secondary N) is 1. The van der Waals surface area contributed by atoms with E-state index >= 15 is 0 Å². The van der Waals surface area contributed by atoms with Crippen molar-refractivity contribution in [3.63, 3.8) is 0 Å². The van der Waals surface area contributed by atoms with Crippen LogP contribution in [0, 0.1) is 5.92 Å². The minimum atomic E-state index is 0. The molecule has 0 aliphatic carbocycles. The van der Waals surface area contributed by atoms with Gasteiger partial charge in [0.05, 0.1) is 6.54 Å². The summed E-state index contributed by atoms with van der Waals surface area (Å²) in [6.45, 7) is 14.7. The number of carbonyl (C=O) groups excluding carboxylic acids is 1. The molecule has 7 heteroatoms. The van der Waals surface area contributed by atoms with Crippen LogP contribution < -0.4 is 5.32 Å². The standard InChI is InChI=1S/C17H33N5O.HI/c1-4-18-17(22-8-5-15(2)6-9-22)19-7-10-20-11-13-21(14-12-20)16(3)23;/h15H,4-14H2,1-3H3,(H,18,19);1H. The molecule has 24 heavy (non-hydrogen) atoms. The fourth-order valence-corrected chi connectivity index (χ4v) is 3.23. The predicted octanol–water partition coefficient (Wildman–Crippen LogP) is 1.47. The van der Waals surface area contributed by atoms with Gasteiger partial charge in [-0.1, -0.05) is 6.92 Å². The fourth-order valence-electron chi connectivity index (χ4n) is 3.23. The van der Waals surface area contributed by atoms with E-state index in [2.05, 4.69) is 29.0 Å². The maximum atomic E-state index is 11.4. The zero-order chi connectivity index (χ0) is 16.7. The van der Waals surface area contributed by atoms with Crippen molar-refractivity contribution in [3.05, 3.63) is 0 Å². The summed E-state index contributed by atoms with van der Waals surface area (Å²) in [5, 5.41) is 3.43. The first-order valence-corrected chi connectivity index (χ1v) is 9.11. The van der Waals surface area contributed by atoms with Crippen LogP contribution in [0.15, 0.2) is 4.99 Å². The predicted molar refractivity (Wildman–Crippen MR) is 110 cm³/mol. The number of rotatable bonds is 4. The molecule has 6 nitrogen and oxygen atoms in total. The van der Waals surface area contributed by atoms with Crippen molar-refractivity contribution in [2.24, 2.45) is 10.9 Å². The minimum Gasteiger partial charge on any atom is -0.357 e. The number of hydrogen-bond acceptors (Lipinski definition) is 3. The highest BCUT2D eigenvalue weighted by Gasteiger charge is 2.20. The fraction of sp³-hybridized carbons (Fsp3) is 0.882. The molecule has 2 heterocycles. The summed E-state index contributed by atoms with van der Waals surface area (Å²) in [5.41, 5.74) is 0. The van der Waals surface area contributed by atoms with E-state index in [9.17, 15) is 4.79 Å². The number of carbonyl (C=O) groups is 1. The molecule has 0 saturated carbocycles. The Hall–Kier alpha value is -0.570. The Morgan fingerprint density at radius 3 is 2.25 bits per heavy atom. The second kappa shape index (κ2) is 11.1. The molecule has 0 bridgehead atoms. The Labute approximate surface area is 164 Å². The second-order valence-electron chi connectivity index (χ2n) is 6.75. The molecule has 2 aliphatic rings. The normalized spacial score (nSPS) is 20.7. The lowest BCUT2D eigenvalue weighted by atomic mass is 10.00. The van der Waals surface area contributed by atoms with Crippen LogP contribution in [-0.4, -0.2) is 85.5 Å². The summed E-state index contributed by atoms with van der Waals surface area (Å²) in [5.74, 6) is 2.10. The van der Waals surface area contributed by atoms with Crippen LogP contribution in [0.3, 0.4) is 0 Å². The number of piperazine rings is 1. The molecule has 0 aromatic rings. The SMILES string of the molecule is CCNC(=NCCN1CCN(C(C)=O)CC1)N1CCC(C)CC1.I. The highest BCUT2D eigenvalue weighted by atomic mass is 127. The summed E-state index contributed by atoms with van der Waals surface area (Å²) < 4.78 is 0. The second-order valence-corrected chi connectivity index (χ2v) is 6.75. The smallest absolute Gasteiger partial charge is 0.219 e. The molecule has 2 saturated heterocycles. The van der Waals surface area contributed by atoms with Gasteiger partial charge in [0, 0.05) is 59.3 Å². The maximum Gasteiger partial charge on any atom is 0.219 e. The largest absolute Gasteiger partial charge is 0.357 e. The number of nitrogens with zero attached hydrogens (tertiary/aromatic N) is 4. The number of likely N-dealkylation sites (tertiary alicyclic amines) is 1. The van der Waals surface area contributed by atoms with Crippen molar-refractivity contribution in [1.82, 2.24) is 20.0 Å². The molecule has 0 unspecified atom stereocenters. The summed E-state index contributed by atoms with van der Waals surface area (Å²) in [4.78, 5) is 22.9. The van der Waals surface area contributed by atoms with Gasteiger partial charge < -0.3 is 15.1 Å². The molecular weight excluding hydrogens is 417 g/mol. The lowest BCUT2D eigenvalue weighted by molar-refractivity contribution is -0.130. The first-order chi connectivity index (χ1) is 11.1. The zero-order valence-corrected chi connectivity index (χ0v) is 17.8.